The van der Waals surface area contributed by atoms with Gasteiger partial charge in [0.15, 0.2) is 0 Å². The van der Waals surface area contributed by atoms with Crippen molar-refractivity contribution in [2.24, 2.45) is 0 Å². The second kappa shape index (κ2) is 33.9. The van der Waals surface area contributed by atoms with Gasteiger partial charge in [-0.2, -0.15) is 71.8 Å². The van der Waals surface area contributed by atoms with Crippen molar-refractivity contribution in [3.05, 3.63) is 115 Å². The number of aryl methyl sites for hydroxylation is 2. The van der Waals surface area contributed by atoms with Crippen molar-refractivity contribution >= 4 is 9.52 Å². The third-order valence-corrected chi connectivity index (χ3v) is 1.73. The number of rotatable bonds is 0. The standard InChI is InChI=1S/2C7H7.C2H6Si.4CH3.2Zr/c2*1-7-5-3-2-4-6-7;1-3-2;;;;;;/h2*2-3,5-6H,1H3;1-3H2;4*1H3;;/q2*-1;-2;4*-1;2*+4. The van der Waals surface area contributed by atoms with E-state index in [-0.39, 0.29) is 91.6 Å². The van der Waals surface area contributed by atoms with Crippen LogP contribution in [-0.4, -0.2) is 9.52 Å². The molecule has 0 atom stereocenters. The zero-order valence-corrected chi connectivity index (χ0v) is 22.1. The topological polar surface area (TPSA) is 0 Å². The Balaban J connectivity index is -0.0000000312. The Hall–Kier alpha value is 0.423. The molecule has 0 radical (unpaired) electrons. The van der Waals surface area contributed by atoms with E-state index in [1.54, 1.807) is 0 Å². The van der Waals surface area contributed by atoms with Crippen LogP contribution in [0.4, 0.5) is 0 Å². The third kappa shape index (κ3) is 34.7. The normalized spacial score (nSPS) is 6.09. The maximum Gasteiger partial charge on any atom is 4.00 e. The van der Waals surface area contributed by atoms with Crippen molar-refractivity contribution in [2.45, 2.75) is 13.8 Å². The first-order chi connectivity index (χ1) is 8.20. The van der Waals surface area contributed by atoms with Gasteiger partial charge in [0, 0.05) is 0 Å². The Labute approximate surface area is 189 Å². The van der Waals surface area contributed by atoms with Gasteiger partial charge in [-0.1, -0.05) is 13.8 Å². The molecule has 0 spiro atoms. The van der Waals surface area contributed by atoms with Crippen LogP contribution >= 0.6 is 0 Å². The van der Waals surface area contributed by atoms with Gasteiger partial charge in [0.05, 0.1) is 0 Å². The first kappa shape index (κ1) is 43.7. The fourth-order valence-corrected chi connectivity index (χ4v) is 0.966. The molecule has 0 saturated carbocycles. The van der Waals surface area contributed by atoms with Crippen molar-refractivity contribution in [3.8, 4) is 0 Å². The molecule has 0 aliphatic rings. The molecule has 0 heterocycles. The smallest absolute Gasteiger partial charge is 0.372 e. The van der Waals surface area contributed by atoms with E-state index in [9.17, 15) is 0 Å². The van der Waals surface area contributed by atoms with E-state index in [4.69, 9.17) is 0 Å². The molecule has 2 rings (SSSR count). The minimum atomic E-state index is -0.0833. The van der Waals surface area contributed by atoms with Gasteiger partial charge in [0.25, 0.3) is 0 Å². The molecule has 0 aromatic heterocycles. The summed E-state index contributed by atoms with van der Waals surface area (Å²) in [6.07, 6.45) is 0. The van der Waals surface area contributed by atoms with Gasteiger partial charge in [0.1, 0.15) is 0 Å². The molecular formula is C20H32SiZr2. The SMILES string of the molecule is Cc1c[c-]ccc1.Cc1c[c-]ccc1.[CH2-][SiH2][CH2-].[CH3-].[CH3-].[CH3-].[CH3-].[Zr+4].[Zr+4]. The molecule has 0 nitrogen and oxygen atoms in total. The van der Waals surface area contributed by atoms with Crippen molar-refractivity contribution in [1.29, 1.82) is 0 Å². The van der Waals surface area contributed by atoms with Gasteiger partial charge in [-0.25, -0.2) is 0 Å². The predicted octanol–water partition coefficient (Wildman–Crippen LogP) is 5.12. The Morgan fingerprint density at radius 1 is 0.739 bits per heavy atom. The minimum Gasteiger partial charge on any atom is -0.372 e. The summed E-state index contributed by atoms with van der Waals surface area (Å²) in [7, 11) is -0.0833. The molecule has 0 unspecified atom stereocenters. The van der Waals surface area contributed by atoms with E-state index >= 15 is 0 Å². The molecule has 0 N–H and O–H groups in total. The molecule has 2 aromatic rings. The van der Waals surface area contributed by atoms with Gasteiger partial charge < -0.3 is 42.8 Å². The summed E-state index contributed by atoms with van der Waals surface area (Å²) in [5.74, 6) is 0. The van der Waals surface area contributed by atoms with Crippen LogP contribution in [0.15, 0.2) is 48.5 Å². The van der Waals surface area contributed by atoms with Gasteiger partial charge in [-0.15, -0.1) is 0 Å². The van der Waals surface area contributed by atoms with Crippen LogP contribution in [0.5, 0.6) is 0 Å². The molecule has 0 saturated heterocycles. The molecule has 124 valence electrons. The molecule has 0 bridgehead atoms. The maximum absolute atomic E-state index is 3.51. The number of hydrogen-bond donors (Lipinski definition) is 0. The monoisotopic (exact) mass is 480 g/mol. The quantitative estimate of drug-likeness (QED) is 0.361. The molecule has 0 aliphatic heterocycles. The molecule has 2 aromatic carbocycles. The van der Waals surface area contributed by atoms with E-state index < -0.39 is 0 Å². The molecule has 0 amide bonds. The van der Waals surface area contributed by atoms with Crippen LogP contribution in [0.25, 0.3) is 0 Å². The molecule has 3 heteroatoms. The molecular weight excluding hydrogens is 451 g/mol. The van der Waals surface area contributed by atoms with Crippen molar-refractivity contribution in [3.63, 3.8) is 0 Å². The van der Waals surface area contributed by atoms with Crippen LogP contribution < -0.4 is 0 Å². The van der Waals surface area contributed by atoms with E-state index in [2.05, 4.69) is 51.2 Å². The van der Waals surface area contributed by atoms with E-state index in [0.717, 1.165) is 0 Å². The summed E-state index contributed by atoms with van der Waals surface area (Å²) >= 11 is 0. The maximum atomic E-state index is 3.51. The minimum absolute atomic E-state index is 0. The van der Waals surface area contributed by atoms with Gasteiger partial charge in [0.2, 0.25) is 0 Å². The van der Waals surface area contributed by atoms with Crippen molar-refractivity contribution < 1.29 is 52.4 Å². The number of hydrogen-bond acceptors (Lipinski definition) is 0. The molecule has 0 aliphatic carbocycles. The Kier molecular flexibility index (Phi) is 64.4. The summed E-state index contributed by atoms with van der Waals surface area (Å²) in [6, 6.07) is 21.7. The van der Waals surface area contributed by atoms with Crippen LogP contribution in [0.1, 0.15) is 11.1 Å². The van der Waals surface area contributed by atoms with Crippen LogP contribution in [0.3, 0.4) is 0 Å². The summed E-state index contributed by atoms with van der Waals surface area (Å²) in [6.45, 7) is 11.1. The second-order valence-electron chi connectivity index (χ2n) is 3.52. The Bertz CT molecular complexity index is 326. The fourth-order valence-electron chi connectivity index (χ4n) is 0.966. The summed E-state index contributed by atoms with van der Waals surface area (Å²) in [5.41, 5.74) is 2.53. The first-order valence-corrected chi connectivity index (χ1v) is 7.64. The first-order valence-electron chi connectivity index (χ1n) is 5.64. The summed E-state index contributed by atoms with van der Waals surface area (Å²) < 4.78 is 0. The van der Waals surface area contributed by atoms with E-state index in [1.807, 2.05) is 36.4 Å². The van der Waals surface area contributed by atoms with Gasteiger partial charge in [-0.3, -0.25) is 9.52 Å². The van der Waals surface area contributed by atoms with Crippen LogP contribution in [-0.2, 0) is 52.4 Å². The molecule has 23 heavy (non-hydrogen) atoms. The van der Waals surface area contributed by atoms with E-state index in [0.29, 0.717) is 0 Å². The van der Waals surface area contributed by atoms with E-state index in [1.165, 1.54) is 11.1 Å². The predicted molar refractivity (Wildman–Crippen MR) is 105 cm³/mol. The number of benzene rings is 2. The fraction of sp³-hybridized carbons (Fsp3) is 0.100. The van der Waals surface area contributed by atoms with Gasteiger partial charge in [-0.05, 0) is 0 Å². The zero-order chi connectivity index (χ0) is 12.9. The average molecular weight is 483 g/mol. The second-order valence-corrected chi connectivity index (χ2v) is 4.22. The zero-order valence-electron chi connectivity index (χ0n) is 15.7. The van der Waals surface area contributed by atoms with Gasteiger partial charge >= 0.3 is 52.4 Å². The Morgan fingerprint density at radius 2 is 1.00 bits per heavy atom. The third-order valence-electron chi connectivity index (χ3n) is 1.73. The summed E-state index contributed by atoms with van der Waals surface area (Å²) in [5, 5.41) is 0. The van der Waals surface area contributed by atoms with Crippen molar-refractivity contribution in [2.75, 3.05) is 0 Å². The van der Waals surface area contributed by atoms with Crippen LogP contribution in [0.2, 0.25) is 0 Å². The summed E-state index contributed by atoms with van der Waals surface area (Å²) in [4.78, 5) is 0. The Morgan fingerprint density at radius 3 is 1.09 bits per heavy atom. The van der Waals surface area contributed by atoms with Crippen molar-refractivity contribution in [1.82, 2.24) is 0 Å². The average Bonchev–Trinajstić information content (AvgIpc) is 2.33. The molecule has 0 fully saturated rings. The van der Waals surface area contributed by atoms with Crippen LogP contribution in [0, 0.1) is 68.8 Å². The largest absolute Gasteiger partial charge is 4.00 e.